The maximum Gasteiger partial charge on any atom is 0.0666 e. The Morgan fingerprint density at radius 2 is 2.31 bits per heavy atom. The van der Waals surface area contributed by atoms with E-state index < -0.39 is 0 Å². The molecule has 0 saturated carbocycles. The third-order valence-electron chi connectivity index (χ3n) is 2.33. The van der Waals surface area contributed by atoms with Crippen LogP contribution in [0.25, 0.3) is 10.9 Å². The van der Waals surface area contributed by atoms with Crippen molar-refractivity contribution in [2.75, 3.05) is 0 Å². The number of hydrogen-bond acceptors (Lipinski definition) is 1. The lowest BCUT2D eigenvalue weighted by molar-refractivity contribution is 0.649. The molecular weight excluding hydrogens is 160 g/mol. The minimum atomic E-state index is 1.10. The second-order valence-corrected chi connectivity index (χ2v) is 3.30. The smallest absolute Gasteiger partial charge is 0.0666 e. The molecule has 13 heavy (non-hydrogen) atoms. The molecule has 2 aromatic heterocycles. The van der Waals surface area contributed by atoms with E-state index in [1.807, 2.05) is 12.4 Å². The Morgan fingerprint density at radius 1 is 1.38 bits per heavy atom. The van der Waals surface area contributed by atoms with E-state index in [-0.39, 0.29) is 0 Å². The summed E-state index contributed by atoms with van der Waals surface area (Å²) in [6, 6.07) is 4.20. The Bertz CT molecular complexity index is 390. The lowest BCUT2D eigenvalue weighted by Gasteiger charge is -2.02. The highest BCUT2D eigenvalue weighted by molar-refractivity contribution is 5.78. The van der Waals surface area contributed by atoms with Crippen molar-refractivity contribution in [3.05, 3.63) is 30.7 Å². The van der Waals surface area contributed by atoms with Crippen LogP contribution in [0.15, 0.2) is 30.7 Å². The lowest BCUT2D eigenvalue weighted by atomic mass is 10.3. The number of hydrogen-bond donors (Lipinski definition) is 0. The fraction of sp³-hybridized carbons (Fsp3) is 0.364. The Kier molecular flexibility index (Phi) is 2.30. The maximum absolute atomic E-state index is 4.13. The van der Waals surface area contributed by atoms with E-state index in [0.29, 0.717) is 0 Å². The molecule has 68 valence electrons. The van der Waals surface area contributed by atoms with E-state index in [2.05, 4.69) is 34.8 Å². The van der Waals surface area contributed by atoms with Gasteiger partial charge in [-0.05, 0) is 18.6 Å². The molecule has 2 heterocycles. The predicted molar refractivity (Wildman–Crippen MR) is 54.6 cm³/mol. The summed E-state index contributed by atoms with van der Waals surface area (Å²) in [4.78, 5) is 4.13. The SMILES string of the molecule is CCCCn1ccc2ccncc21. The Hall–Kier alpha value is -1.31. The van der Waals surface area contributed by atoms with E-state index >= 15 is 0 Å². The van der Waals surface area contributed by atoms with E-state index in [1.54, 1.807) is 0 Å². The third-order valence-corrected chi connectivity index (χ3v) is 2.33. The molecule has 2 nitrogen and oxygen atoms in total. The molecule has 2 aromatic rings. The minimum Gasteiger partial charge on any atom is -0.346 e. The van der Waals surface area contributed by atoms with Gasteiger partial charge in [0.1, 0.15) is 0 Å². The lowest BCUT2D eigenvalue weighted by Crippen LogP contribution is -1.94. The number of unbranched alkanes of at least 4 members (excludes halogenated alkanes) is 1. The van der Waals surface area contributed by atoms with Gasteiger partial charge in [0.25, 0.3) is 0 Å². The summed E-state index contributed by atoms with van der Waals surface area (Å²) < 4.78 is 2.27. The molecule has 0 atom stereocenters. The van der Waals surface area contributed by atoms with Crippen molar-refractivity contribution in [1.82, 2.24) is 9.55 Å². The normalized spacial score (nSPS) is 10.8. The molecule has 0 unspecified atom stereocenters. The molecule has 0 aromatic carbocycles. The van der Waals surface area contributed by atoms with Crippen LogP contribution in [0.5, 0.6) is 0 Å². The summed E-state index contributed by atoms with van der Waals surface area (Å²) in [6.45, 7) is 3.32. The van der Waals surface area contributed by atoms with Crippen LogP contribution in [0.4, 0.5) is 0 Å². The molecule has 0 radical (unpaired) electrons. The predicted octanol–water partition coefficient (Wildman–Crippen LogP) is 2.84. The van der Waals surface area contributed by atoms with Gasteiger partial charge in [-0.1, -0.05) is 13.3 Å². The molecule has 2 rings (SSSR count). The first-order valence-electron chi connectivity index (χ1n) is 4.80. The fourth-order valence-corrected chi connectivity index (χ4v) is 1.55. The molecule has 0 amide bonds. The molecule has 0 bridgehead atoms. The minimum absolute atomic E-state index is 1.10. The van der Waals surface area contributed by atoms with Gasteiger partial charge in [-0.2, -0.15) is 0 Å². The summed E-state index contributed by atoms with van der Waals surface area (Å²) >= 11 is 0. The zero-order valence-electron chi connectivity index (χ0n) is 7.90. The Morgan fingerprint density at radius 3 is 3.15 bits per heavy atom. The van der Waals surface area contributed by atoms with Crippen LogP contribution in [0, 0.1) is 0 Å². The van der Waals surface area contributed by atoms with Crippen LogP contribution in [0.2, 0.25) is 0 Å². The Labute approximate surface area is 78.2 Å². The highest BCUT2D eigenvalue weighted by Crippen LogP contribution is 2.14. The average molecular weight is 174 g/mol. The molecule has 0 saturated heterocycles. The van der Waals surface area contributed by atoms with Gasteiger partial charge >= 0.3 is 0 Å². The number of aryl methyl sites for hydroxylation is 1. The highest BCUT2D eigenvalue weighted by Gasteiger charge is 1.98. The van der Waals surface area contributed by atoms with E-state index in [1.165, 1.54) is 23.7 Å². The van der Waals surface area contributed by atoms with Gasteiger partial charge in [0.05, 0.1) is 11.7 Å². The second-order valence-electron chi connectivity index (χ2n) is 3.30. The second kappa shape index (κ2) is 3.60. The van der Waals surface area contributed by atoms with Crippen molar-refractivity contribution >= 4 is 10.9 Å². The van der Waals surface area contributed by atoms with E-state index in [9.17, 15) is 0 Å². The van der Waals surface area contributed by atoms with Crippen molar-refractivity contribution in [2.45, 2.75) is 26.3 Å². The van der Waals surface area contributed by atoms with Crippen molar-refractivity contribution in [2.24, 2.45) is 0 Å². The summed E-state index contributed by atoms with van der Waals surface area (Å²) in [5.74, 6) is 0. The molecule has 0 fully saturated rings. The van der Waals surface area contributed by atoms with Crippen LogP contribution < -0.4 is 0 Å². The summed E-state index contributed by atoms with van der Waals surface area (Å²) in [7, 11) is 0. The molecule has 2 heteroatoms. The van der Waals surface area contributed by atoms with Crippen molar-refractivity contribution < 1.29 is 0 Å². The van der Waals surface area contributed by atoms with Crippen molar-refractivity contribution in [3.63, 3.8) is 0 Å². The van der Waals surface area contributed by atoms with Gasteiger partial charge in [0.2, 0.25) is 0 Å². The molecule has 0 aliphatic rings. The third kappa shape index (κ3) is 1.57. The molecule has 0 spiro atoms. The monoisotopic (exact) mass is 174 g/mol. The number of aromatic nitrogens is 2. The van der Waals surface area contributed by atoms with Gasteiger partial charge in [0, 0.05) is 24.3 Å². The van der Waals surface area contributed by atoms with Crippen LogP contribution in [0.1, 0.15) is 19.8 Å². The standard InChI is InChI=1S/C11H14N2/c1-2-3-7-13-8-5-10-4-6-12-9-11(10)13/h4-6,8-9H,2-3,7H2,1H3. The van der Waals surface area contributed by atoms with E-state index in [4.69, 9.17) is 0 Å². The quantitative estimate of drug-likeness (QED) is 0.699. The average Bonchev–Trinajstić information content (AvgIpc) is 2.58. The molecule has 0 aliphatic heterocycles. The summed E-state index contributed by atoms with van der Waals surface area (Å²) in [6.07, 6.45) is 8.39. The van der Waals surface area contributed by atoms with Crippen LogP contribution >= 0.6 is 0 Å². The van der Waals surface area contributed by atoms with Gasteiger partial charge in [-0.15, -0.1) is 0 Å². The first-order valence-corrected chi connectivity index (χ1v) is 4.80. The molecule has 0 N–H and O–H groups in total. The number of pyridine rings is 1. The van der Waals surface area contributed by atoms with Crippen molar-refractivity contribution in [3.8, 4) is 0 Å². The molecule has 0 aliphatic carbocycles. The number of nitrogens with zero attached hydrogens (tertiary/aromatic N) is 2. The number of rotatable bonds is 3. The summed E-state index contributed by atoms with van der Waals surface area (Å²) in [5, 5.41) is 1.28. The van der Waals surface area contributed by atoms with Gasteiger partial charge in [-0.25, -0.2) is 0 Å². The zero-order valence-corrected chi connectivity index (χ0v) is 7.90. The Balaban J connectivity index is 2.35. The van der Waals surface area contributed by atoms with Crippen molar-refractivity contribution in [1.29, 1.82) is 0 Å². The van der Waals surface area contributed by atoms with Crippen LogP contribution in [-0.2, 0) is 6.54 Å². The fourth-order valence-electron chi connectivity index (χ4n) is 1.55. The number of fused-ring (bicyclic) bond motifs is 1. The zero-order chi connectivity index (χ0) is 9.10. The topological polar surface area (TPSA) is 17.8 Å². The maximum atomic E-state index is 4.13. The van der Waals surface area contributed by atoms with Gasteiger partial charge < -0.3 is 4.57 Å². The van der Waals surface area contributed by atoms with Crippen LogP contribution in [0.3, 0.4) is 0 Å². The first-order chi connectivity index (χ1) is 6.42. The van der Waals surface area contributed by atoms with Gasteiger partial charge in [0.15, 0.2) is 0 Å². The van der Waals surface area contributed by atoms with E-state index in [0.717, 1.165) is 6.54 Å². The molecular formula is C11H14N2. The largest absolute Gasteiger partial charge is 0.346 e. The first kappa shape index (κ1) is 8.30. The highest BCUT2D eigenvalue weighted by atomic mass is 15.0. The van der Waals surface area contributed by atoms with Gasteiger partial charge in [-0.3, -0.25) is 4.98 Å². The summed E-state index contributed by atoms with van der Waals surface area (Å²) in [5.41, 5.74) is 1.25. The van der Waals surface area contributed by atoms with Crippen LogP contribution in [-0.4, -0.2) is 9.55 Å².